The third-order valence-electron chi connectivity index (χ3n) is 4.71. The normalized spacial score (nSPS) is 12.2. The van der Waals surface area contributed by atoms with Crippen LogP contribution in [0.3, 0.4) is 0 Å². The lowest BCUT2D eigenvalue weighted by atomic mass is 10.2. The highest BCUT2D eigenvalue weighted by atomic mass is 16.7. The van der Waals surface area contributed by atoms with Crippen LogP contribution in [0.5, 0.6) is 23.4 Å². The maximum absolute atomic E-state index is 5.44. The number of anilines is 1. The number of methoxy groups -OCH3 is 2. The molecule has 3 aromatic heterocycles. The van der Waals surface area contributed by atoms with E-state index in [1.807, 2.05) is 28.8 Å². The molecule has 0 saturated carbocycles. The van der Waals surface area contributed by atoms with Crippen molar-refractivity contribution in [3.63, 3.8) is 0 Å². The molecule has 1 aliphatic rings. The second-order valence-corrected chi connectivity index (χ2v) is 6.43. The van der Waals surface area contributed by atoms with Crippen molar-refractivity contribution in [3.05, 3.63) is 48.5 Å². The van der Waals surface area contributed by atoms with Crippen LogP contribution in [0.2, 0.25) is 0 Å². The summed E-state index contributed by atoms with van der Waals surface area (Å²) < 4.78 is 23.2. The van der Waals surface area contributed by atoms with E-state index >= 15 is 0 Å². The lowest BCUT2D eigenvalue weighted by Crippen LogP contribution is -2.04. The quantitative estimate of drug-likeness (QED) is 0.517. The van der Waals surface area contributed by atoms with Gasteiger partial charge in [-0.1, -0.05) is 6.07 Å². The molecule has 4 heterocycles. The predicted octanol–water partition coefficient (Wildman–Crippen LogP) is 2.54. The second kappa shape index (κ2) is 7.39. The summed E-state index contributed by atoms with van der Waals surface area (Å²) in [7, 11) is 3.06. The predicted molar refractivity (Wildman–Crippen MR) is 107 cm³/mol. The SMILES string of the molecule is COc1ncc(-c2cnc3c(NCc4ccc5c(c4)OCO5)nccn23)c(OC)n1. The van der Waals surface area contributed by atoms with Gasteiger partial charge < -0.3 is 24.3 Å². The molecule has 0 amide bonds. The molecule has 1 aliphatic heterocycles. The fourth-order valence-corrected chi connectivity index (χ4v) is 3.26. The first-order valence-electron chi connectivity index (χ1n) is 9.16. The molecule has 0 aliphatic carbocycles. The first-order valence-corrected chi connectivity index (χ1v) is 9.16. The van der Waals surface area contributed by atoms with Gasteiger partial charge in [-0.15, -0.1) is 0 Å². The Morgan fingerprint density at radius 3 is 2.83 bits per heavy atom. The summed E-state index contributed by atoms with van der Waals surface area (Å²) in [6, 6.07) is 6.07. The van der Waals surface area contributed by atoms with Crippen LogP contribution < -0.4 is 24.3 Å². The van der Waals surface area contributed by atoms with E-state index in [9.17, 15) is 0 Å². The molecule has 0 bridgehead atoms. The molecule has 0 atom stereocenters. The average molecular weight is 406 g/mol. The summed E-state index contributed by atoms with van der Waals surface area (Å²) in [6.45, 7) is 0.808. The molecule has 4 aromatic rings. The number of rotatable bonds is 6. The number of hydrogen-bond donors (Lipinski definition) is 1. The smallest absolute Gasteiger partial charge is 0.319 e. The average Bonchev–Trinajstić information content (AvgIpc) is 3.44. The number of hydrogen-bond acceptors (Lipinski definition) is 9. The summed E-state index contributed by atoms with van der Waals surface area (Å²) in [5.41, 5.74) is 3.18. The van der Waals surface area contributed by atoms with Gasteiger partial charge in [0.15, 0.2) is 23.0 Å². The molecule has 0 unspecified atom stereocenters. The summed E-state index contributed by atoms with van der Waals surface area (Å²) in [5, 5.41) is 3.33. The Morgan fingerprint density at radius 1 is 1.07 bits per heavy atom. The van der Waals surface area contributed by atoms with Gasteiger partial charge in [0.05, 0.1) is 31.7 Å². The first-order chi connectivity index (χ1) is 14.8. The van der Waals surface area contributed by atoms with Crippen LogP contribution in [0.4, 0.5) is 5.82 Å². The van der Waals surface area contributed by atoms with Gasteiger partial charge in [-0.05, 0) is 17.7 Å². The van der Waals surface area contributed by atoms with Crippen LogP contribution in [0, 0.1) is 0 Å². The van der Waals surface area contributed by atoms with Crippen LogP contribution in [-0.2, 0) is 6.54 Å². The van der Waals surface area contributed by atoms with Crippen LogP contribution in [0.1, 0.15) is 5.56 Å². The summed E-state index contributed by atoms with van der Waals surface area (Å²) in [4.78, 5) is 17.4. The Hall–Kier alpha value is -4.08. The minimum Gasteiger partial charge on any atom is -0.480 e. The van der Waals surface area contributed by atoms with Crippen molar-refractivity contribution in [1.82, 2.24) is 24.3 Å². The lowest BCUT2D eigenvalue weighted by Gasteiger charge is -2.10. The second-order valence-electron chi connectivity index (χ2n) is 6.43. The molecule has 0 saturated heterocycles. The Kier molecular flexibility index (Phi) is 4.43. The monoisotopic (exact) mass is 406 g/mol. The maximum atomic E-state index is 5.44. The van der Waals surface area contributed by atoms with E-state index in [-0.39, 0.29) is 12.8 Å². The summed E-state index contributed by atoms with van der Waals surface area (Å²) in [5.74, 6) is 2.55. The molecule has 10 nitrogen and oxygen atoms in total. The molecule has 0 radical (unpaired) electrons. The van der Waals surface area contributed by atoms with E-state index in [4.69, 9.17) is 18.9 Å². The van der Waals surface area contributed by atoms with Crippen LogP contribution in [0.15, 0.2) is 43.0 Å². The molecule has 0 fully saturated rings. The number of nitrogens with one attached hydrogen (secondary N) is 1. The third-order valence-corrected chi connectivity index (χ3v) is 4.71. The molecule has 0 spiro atoms. The van der Waals surface area contributed by atoms with Gasteiger partial charge in [0.2, 0.25) is 12.7 Å². The van der Waals surface area contributed by atoms with Gasteiger partial charge in [0.25, 0.3) is 0 Å². The lowest BCUT2D eigenvalue weighted by molar-refractivity contribution is 0.174. The number of benzene rings is 1. The van der Waals surface area contributed by atoms with Crippen molar-refractivity contribution in [2.24, 2.45) is 0 Å². The number of fused-ring (bicyclic) bond motifs is 2. The van der Waals surface area contributed by atoms with Crippen LogP contribution in [0.25, 0.3) is 16.9 Å². The van der Waals surface area contributed by atoms with E-state index in [0.717, 1.165) is 22.8 Å². The highest BCUT2D eigenvalue weighted by Gasteiger charge is 2.17. The summed E-state index contributed by atoms with van der Waals surface area (Å²) >= 11 is 0. The molecular formula is C20H18N6O4. The number of nitrogens with zero attached hydrogens (tertiary/aromatic N) is 5. The molecule has 1 aromatic carbocycles. The minimum atomic E-state index is 0.233. The largest absolute Gasteiger partial charge is 0.480 e. The topological polar surface area (TPSA) is 105 Å². The summed E-state index contributed by atoms with van der Waals surface area (Å²) in [6.07, 6.45) is 6.91. The van der Waals surface area contributed by atoms with Crippen LogP contribution in [-0.4, -0.2) is 45.3 Å². The highest BCUT2D eigenvalue weighted by molar-refractivity contribution is 5.72. The van der Waals surface area contributed by atoms with Crippen molar-refractivity contribution in [2.75, 3.05) is 26.3 Å². The van der Waals surface area contributed by atoms with E-state index in [2.05, 4.69) is 25.3 Å². The van der Waals surface area contributed by atoms with Crippen molar-refractivity contribution >= 4 is 11.5 Å². The Bertz CT molecular complexity index is 1230. The van der Waals surface area contributed by atoms with E-state index < -0.39 is 0 Å². The fourth-order valence-electron chi connectivity index (χ4n) is 3.26. The van der Waals surface area contributed by atoms with E-state index in [0.29, 0.717) is 29.5 Å². The van der Waals surface area contributed by atoms with Gasteiger partial charge in [0, 0.05) is 25.1 Å². The van der Waals surface area contributed by atoms with Crippen molar-refractivity contribution in [2.45, 2.75) is 6.54 Å². The van der Waals surface area contributed by atoms with Gasteiger partial charge in [-0.2, -0.15) is 4.98 Å². The fraction of sp³-hybridized carbons (Fsp3) is 0.200. The van der Waals surface area contributed by atoms with E-state index in [1.54, 1.807) is 25.7 Å². The molecule has 30 heavy (non-hydrogen) atoms. The first kappa shape index (κ1) is 18.0. The zero-order valence-electron chi connectivity index (χ0n) is 16.3. The van der Waals surface area contributed by atoms with Gasteiger partial charge >= 0.3 is 6.01 Å². The number of imidazole rings is 1. The van der Waals surface area contributed by atoms with Crippen molar-refractivity contribution in [3.8, 4) is 34.6 Å². The van der Waals surface area contributed by atoms with Crippen molar-refractivity contribution < 1.29 is 18.9 Å². The third kappa shape index (κ3) is 3.08. The zero-order valence-corrected chi connectivity index (χ0v) is 16.3. The maximum Gasteiger partial charge on any atom is 0.319 e. The standard InChI is InChI=1S/C20H18N6O4/c1-27-19-13(9-24-20(25-19)28-2)14-10-23-18-17(21-5-6-26(14)18)22-8-12-3-4-15-16(7-12)30-11-29-15/h3-7,9-10H,8,11H2,1-2H3,(H,21,22). The van der Waals surface area contributed by atoms with E-state index in [1.165, 1.54) is 7.11 Å². The molecule has 152 valence electrons. The van der Waals surface area contributed by atoms with Crippen LogP contribution >= 0.6 is 0 Å². The Morgan fingerprint density at radius 2 is 1.97 bits per heavy atom. The van der Waals surface area contributed by atoms with Crippen molar-refractivity contribution in [1.29, 1.82) is 0 Å². The highest BCUT2D eigenvalue weighted by Crippen LogP contribution is 2.33. The van der Waals surface area contributed by atoms with Gasteiger partial charge in [-0.3, -0.25) is 4.40 Å². The zero-order chi connectivity index (χ0) is 20.5. The molecule has 5 rings (SSSR count). The molecular weight excluding hydrogens is 388 g/mol. The van der Waals surface area contributed by atoms with Gasteiger partial charge in [-0.25, -0.2) is 15.0 Å². The minimum absolute atomic E-state index is 0.233. The Balaban J connectivity index is 1.45. The molecule has 10 heteroatoms. The number of aromatic nitrogens is 5. The Labute approximate surface area is 171 Å². The van der Waals surface area contributed by atoms with Gasteiger partial charge in [0.1, 0.15) is 0 Å². The molecule has 1 N–H and O–H groups in total. The number of ether oxygens (including phenoxy) is 4.